The average Bonchev–Trinajstić information content (AvgIpc) is 3.18. The Labute approximate surface area is 231 Å². The van der Waals surface area contributed by atoms with Crippen molar-refractivity contribution in [2.45, 2.75) is 53.5 Å². The third-order valence-corrected chi connectivity index (χ3v) is 7.39. The van der Waals surface area contributed by atoms with Crippen LogP contribution < -0.4 is 14.5 Å². The number of methoxy groups -OCH3 is 1. The minimum atomic E-state index is -0.776. The second kappa shape index (κ2) is 11.4. The van der Waals surface area contributed by atoms with Crippen LogP contribution in [0.5, 0.6) is 5.75 Å². The second-order valence-corrected chi connectivity index (χ2v) is 10.4. The monoisotopic (exact) mass is 526 g/mol. The molecule has 1 saturated heterocycles. The average molecular weight is 527 g/mol. The molecule has 6 nitrogen and oxygen atoms in total. The Morgan fingerprint density at radius 1 is 0.949 bits per heavy atom. The molecule has 0 radical (unpaired) electrons. The van der Waals surface area contributed by atoms with Crippen molar-refractivity contribution >= 4 is 28.8 Å². The number of ketones is 1. The summed E-state index contributed by atoms with van der Waals surface area (Å²) in [5, 5.41) is 11.6. The highest BCUT2D eigenvalue weighted by Crippen LogP contribution is 2.43. The Morgan fingerprint density at radius 2 is 1.56 bits per heavy atom. The number of benzene rings is 3. The predicted molar refractivity (Wildman–Crippen MR) is 158 cm³/mol. The van der Waals surface area contributed by atoms with Gasteiger partial charge in [0.15, 0.2) is 0 Å². The summed E-state index contributed by atoms with van der Waals surface area (Å²) in [7, 11) is 1.61. The first-order valence-electron chi connectivity index (χ1n) is 13.5. The van der Waals surface area contributed by atoms with Gasteiger partial charge in [-0.05, 0) is 98.3 Å². The first kappa shape index (κ1) is 28.0. The summed E-state index contributed by atoms with van der Waals surface area (Å²) in [6, 6.07) is 18.3. The molecule has 0 aromatic heterocycles. The molecule has 0 aliphatic carbocycles. The van der Waals surface area contributed by atoms with Crippen molar-refractivity contribution in [3.05, 3.63) is 94.1 Å². The van der Waals surface area contributed by atoms with E-state index in [1.54, 1.807) is 19.2 Å². The SMILES string of the molecule is CCN(CC)c1ccc(C2/C(=C(/O)c3ccc(OC)c(C(C)C)c3)C(=O)C(=O)N2c2cc(C)cc(C)c2)cc1. The Hall–Kier alpha value is -4.06. The molecule has 1 aliphatic rings. The number of carbonyl (C=O) groups is 2. The predicted octanol–water partition coefficient (Wildman–Crippen LogP) is 6.91. The number of hydrogen-bond acceptors (Lipinski definition) is 5. The summed E-state index contributed by atoms with van der Waals surface area (Å²) < 4.78 is 5.51. The smallest absolute Gasteiger partial charge is 0.300 e. The summed E-state index contributed by atoms with van der Waals surface area (Å²) in [5.74, 6) is -0.708. The number of rotatable bonds is 8. The molecule has 39 heavy (non-hydrogen) atoms. The zero-order valence-corrected chi connectivity index (χ0v) is 23.9. The Balaban J connectivity index is 1.94. The van der Waals surface area contributed by atoms with Gasteiger partial charge in [-0.15, -0.1) is 0 Å². The number of aliphatic hydroxyl groups is 1. The van der Waals surface area contributed by atoms with E-state index in [0.717, 1.165) is 41.0 Å². The minimum absolute atomic E-state index is 0.0784. The maximum absolute atomic E-state index is 13.6. The topological polar surface area (TPSA) is 70.1 Å². The lowest BCUT2D eigenvalue weighted by Crippen LogP contribution is -2.29. The third-order valence-electron chi connectivity index (χ3n) is 7.39. The molecular weight excluding hydrogens is 488 g/mol. The maximum Gasteiger partial charge on any atom is 0.300 e. The number of aliphatic hydroxyl groups excluding tert-OH is 1. The van der Waals surface area contributed by atoms with Crippen LogP contribution >= 0.6 is 0 Å². The molecule has 1 atom stereocenters. The number of hydrogen-bond donors (Lipinski definition) is 1. The fourth-order valence-electron chi connectivity index (χ4n) is 5.45. The Bertz CT molecular complexity index is 1400. The number of ether oxygens (including phenoxy) is 1. The van der Waals surface area contributed by atoms with Gasteiger partial charge >= 0.3 is 0 Å². The number of amides is 1. The lowest BCUT2D eigenvalue weighted by atomic mass is 9.93. The fraction of sp³-hybridized carbons (Fsp3) is 0.333. The molecule has 1 N–H and O–H groups in total. The van der Waals surface area contributed by atoms with E-state index in [9.17, 15) is 14.7 Å². The second-order valence-electron chi connectivity index (χ2n) is 10.4. The molecule has 0 bridgehead atoms. The van der Waals surface area contributed by atoms with E-state index >= 15 is 0 Å². The van der Waals surface area contributed by atoms with Crippen molar-refractivity contribution in [1.82, 2.24) is 0 Å². The van der Waals surface area contributed by atoms with Crippen molar-refractivity contribution in [2.75, 3.05) is 30.0 Å². The fourth-order valence-corrected chi connectivity index (χ4v) is 5.45. The zero-order chi connectivity index (χ0) is 28.4. The Kier molecular flexibility index (Phi) is 8.14. The molecule has 0 saturated carbocycles. The van der Waals surface area contributed by atoms with E-state index in [1.165, 1.54) is 4.90 Å². The van der Waals surface area contributed by atoms with Crippen LogP contribution in [0.2, 0.25) is 0 Å². The molecule has 3 aromatic carbocycles. The molecule has 1 aliphatic heterocycles. The first-order chi connectivity index (χ1) is 18.6. The van der Waals surface area contributed by atoms with Crippen molar-refractivity contribution < 1.29 is 19.4 Å². The number of Topliss-reactive ketones (excluding diaryl/α,β-unsaturated/α-hetero) is 1. The number of nitrogens with zero attached hydrogens (tertiary/aromatic N) is 2. The van der Waals surface area contributed by atoms with Crippen LogP contribution in [-0.2, 0) is 9.59 Å². The van der Waals surface area contributed by atoms with Gasteiger partial charge in [-0.25, -0.2) is 0 Å². The summed E-state index contributed by atoms with van der Waals surface area (Å²) in [5.41, 5.74) is 5.87. The highest BCUT2D eigenvalue weighted by molar-refractivity contribution is 6.51. The van der Waals surface area contributed by atoms with Crippen molar-refractivity contribution in [3.8, 4) is 5.75 Å². The van der Waals surface area contributed by atoms with Gasteiger partial charge in [0.25, 0.3) is 11.7 Å². The van der Waals surface area contributed by atoms with Gasteiger partial charge in [0, 0.05) is 30.0 Å². The molecule has 1 unspecified atom stereocenters. The lowest BCUT2D eigenvalue weighted by molar-refractivity contribution is -0.132. The van der Waals surface area contributed by atoms with E-state index in [-0.39, 0.29) is 17.3 Å². The van der Waals surface area contributed by atoms with Crippen LogP contribution in [0.4, 0.5) is 11.4 Å². The third kappa shape index (κ3) is 5.29. The summed E-state index contributed by atoms with van der Waals surface area (Å²) in [6.45, 7) is 14.0. The summed E-state index contributed by atoms with van der Waals surface area (Å²) >= 11 is 0. The Morgan fingerprint density at radius 3 is 2.10 bits per heavy atom. The molecule has 1 fully saturated rings. The number of aryl methyl sites for hydroxylation is 2. The molecule has 1 amide bonds. The van der Waals surface area contributed by atoms with E-state index < -0.39 is 17.7 Å². The van der Waals surface area contributed by atoms with Gasteiger partial charge in [-0.1, -0.05) is 32.0 Å². The first-order valence-corrected chi connectivity index (χ1v) is 13.5. The molecule has 0 spiro atoms. The van der Waals surface area contributed by atoms with Crippen molar-refractivity contribution in [2.24, 2.45) is 0 Å². The van der Waals surface area contributed by atoms with Gasteiger partial charge in [-0.3, -0.25) is 14.5 Å². The van der Waals surface area contributed by atoms with E-state index in [1.807, 2.05) is 76.2 Å². The highest BCUT2D eigenvalue weighted by Gasteiger charge is 2.47. The normalized spacial score (nSPS) is 16.7. The molecular formula is C33H38N2O4. The van der Waals surface area contributed by atoms with Gasteiger partial charge in [-0.2, -0.15) is 0 Å². The molecule has 4 rings (SSSR count). The molecule has 6 heteroatoms. The van der Waals surface area contributed by atoms with E-state index in [0.29, 0.717) is 17.0 Å². The minimum Gasteiger partial charge on any atom is -0.507 e. The number of anilines is 2. The van der Waals surface area contributed by atoms with Crippen molar-refractivity contribution in [1.29, 1.82) is 0 Å². The summed E-state index contributed by atoms with van der Waals surface area (Å²) in [4.78, 5) is 31.0. The van der Waals surface area contributed by atoms with Gasteiger partial charge in [0.2, 0.25) is 0 Å². The van der Waals surface area contributed by atoms with Crippen molar-refractivity contribution in [3.63, 3.8) is 0 Å². The number of carbonyl (C=O) groups excluding carboxylic acids is 2. The molecule has 3 aromatic rings. The van der Waals surface area contributed by atoms with Crippen LogP contribution in [0.3, 0.4) is 0 Å². The van der Waals surface area contributed by atoms with Crippen LogP contribution in [0.15, 0.2) is 66.2 Å². The van der Waals surface area contributed by atoms with Crippen LogP contribution in [-0.4, -0.2) is 37.0 Å². The molecule has 204 valence electrons. The standard InChI is InChI=1S/C33H38N2O4/c1-8-34(9-2)25-13-10-23(11-14-25)30-29(31(36)24-12-15-28(39-7)27(19-24)20(3)4)32(37)33(38)35(30)26-17-21(5)16-22(6)18-26/h10-20,30,36H,8-9H2,1-7H3/b31-29-. The van der Waals surface area contributed by atoms with Crippen LogP contribution in [0.1, 0.15) is 67.5 Å². The maximum atomic E-state index is 13.6. The van der Waals surface area contributed by atoms with Gasteiger partial charge in [0.1, 0.15) is 11.5 Å². The zero-order valence-electron chi connectivity index (χ0n) is 23.9. The quantitative estimate of drug-likeness (QED) is 0.196. The van der Waals surface area contributed by atoms with Crippen LogP contribution in [0.25, 0.3) is 5.76 Å². The highest BCUT2D eigenvalue weighted by atomic mass is 16.5. The molecule has 1 heterocycles. The van der Waals surface area contributed by atoms with Crippen LogP contribution in [0, 0.1) is 13.8 Å². The largest absolute Gasteiger partial charge is 0.507 e. The van der Waals surface area contributed by atoms with Gasteiger partial charge < -0.3 is 14.7 Å². The van der Waals surface area contributed by atoms with Gasteiger partial charge in [0.05, 0.1) is 18.7 Å². The van der Waals surface area contributed by atoms with E-state index in [4.69, 9.17) is 4.74 Å². The summed E-state index contributed by atoms with van der Waals surface area (Å²) in [6.07, 6.45) is 0. The lowest BCUT2D eigenvalue weighted by Gasteiger charge is -2.27. The van der Waals surface area contributed by atoms with E-state index in [2.05, 4.69) is 18.7 Å².